The number of hydrogen-bond donors (Lipinski definition) is 0. The summed E-state index contributed by atoms with van der Waals surface area (Å²) in [6, 6.07) is 6.06. The first-order valence-electron chi connectivity index (χ1n) is 7.42. The molecular formula is C16H17BrFN3O2. The number of carbonyl (C=O) groups is 1. The number of aryl methyl sites for hydroxylation is 1. The Hall–Kier alpha value is -1.73. The van der Waals surface area contributed by atoms with Gasteiger partial charge >= 0.3 is 0 Å². The van der Waals surface area contributed by atoms with E-state index in [4.69, 9.17) is 4.52 Å². The predicted molar refractivity (Wildman–Crippen MR) is 86.5 cm³/mol. The Morgan fingerprint density at radius 1 is 1.30 bits per heavy atom. The first kappa shape index (κ1) is 16.1. The molecule has 0 unspecified atom stereocenters. The highest BCUT2D eigenvalue weighted by Gasteiger charge is 2.24. The Balaban J connectivity index is 1.59. The number of halogens is 2. The molecule has 3 rings (SSSR count). The molecule has 0 radical (unpaired) electrons. The Bertz CT molecular complexity index is 711. The fourth-order valence-electron chi connectivity index (χ4n) is 2.65. The van der Waals surface area contributed by atoms with Crippen LogP contribution in [0.25, 0.3) is 0 Å². The molecule has 0 atom stereocenters. The summed E-state index contributed by atoms with van der Waals surface area (Å²) in [5.41, 5.74) is 1.36. The summed E-state index contributed by atoms with van der Waals surface area (Å²) < 4.78 is 18.8. The summed E-state index contributed by atoms with van der Waals surface area (Å²) in [5.74, 6) is 0.399. The molecule has 1 aliphatic heterocycles. The minimum atomic E-state index is -0.361. The van der Waals surface area contributed by atoms with Crippen molar-refractivity contribution in [1.29, 1.82) is 0 Å². The van der Waals surface area contributed by atoms with Crippen molar-refractivity contribution in [3.05, 3.63) is 51.6 Å². The number of rotatable bonds is 3. The maximum atomic E-state index is 13.1. The van der Waals surface area contributed by atoms with Gasteiger partial charge in [0.1, 0.15) is 5.82 Å². The molecule has 1 amide bonds. The van der Waals surface area contributed by atoms with E-state index in [0.29, 0.717) is 29.7 Å². The maximum Gasteiger partial charge on any atom is 0.255 e. The quantitative estimate of drug-likeness (QED) is 0.819. The van der Waals surface area contributed by atoms with E-state index in [1.54, 1.807) is 4.90 Å². The second-order valence-electron chi connectivity index (χ2n) is 5.63. The highest BCUT2D eigenvalue weighted by molar-refractivity contribution is 9.10. The van der Waals surface area contributed by atoms with Gasteiger partial charge in [-0.1, -0.05) is 5.16 Å². The van der Waals surface area contributed by atoms with Crippen LogP contribution in [0.5, 0.6) is 0 Å². The molecule has 0 spiro atoms. The van der Waals surface area contributed by atoms with E-state index < -0.39 is 0 Å². The van der Waals surface area contributed by atoms with Gasteiger partial charge in [0.2, 0.25) is 0 Å². The molecular weight excluding hydrogens is 365 g/mol. The standard InChI is InChI=1S/C16H17BrFN3O2/c1-11-8-13(23-19-11)10-20-4-6-21(7-5-20)16(22)14-3-2-12(18)9-15(14)17/h2-3,8-9H,4-7,10H2,1H3. The van der Waals surface area contributed by atoms with Gasteiger partial charge in [0, 0.05) is 36.7 Å². The molecule has 0 aliphatic carbocycles. The third kappa shape index (κ3) is 3.79. The van der Waals surface area contributed by atoms with Crippen molar-refractivity contribution >= 4 is 21.8 Å². The molecule has 0 saturated carbocycles. The van der Waals surface area contributed by atoms with Gasteiger partial charge in [0.15, 0.2) is 5.76 Å². The molecule has 1 aromatic carbocycles. The van der Waals surface area contributed by atoms with Crippen molar-refractivity contribution in [1.82, 2.24) is 15.0 Å². The summed E-state index contributed by atoms with van der Waals surface area (Å²) in [6.45, 7) is 5.40. The SMILES string of the molecule is Cc1cc(CN2CCN(C(=O)c3ccc(F)cc3Br)CC2)on1. The zero-order chi connectivity index (χ0) is 16.4. The molecule has 122 valence electrons. The van der Waals surface area contributed by atoms with E-state index in [1.807, 2.05) is 13.0 Å². The smallest absolute Gasteiger partial charge is 0.255 e. The lowest BCUT2D eigenvalue weighted by molar-refractivity contribution is 0.0616. The van der Waals surface area contributed by atoms with Crippen LogP contribution in [-0.2, 0) is 6.54 Å². The molecule has 23 heavy (non-hydrogen) atoms. The lowest BCUT2D eigenvalue weighted by Crippen LogP contribution is -2.48. The fraction of sp³-hybridized carbons (Fsp3) is 0.375. The third-order valence-electron chi connectivity index (χ3n) is 3.88. The van der Waals surface area contributed by atoms with E-state index in [-0.39, 0.29) is 11.7 Å². The molecule has 7 heteroatoms. The average Bonchev–Trinajstić information content (AvgIpc) is 2.92. The van der Waals surface area contributed by atoms with Gasteiger partial charge in [-0.25, -0.2) is 4.39 Å². The molecule has 0 N–H and O–H groups in total. The molecule has 1 aromatic heterocycles. The molecule has 0 bridgehead atoms. The van der Waals surface area contributed by atoms with Crippen LogP contribution in [-0.4, -0.2) is 47.0 Å². The van der Waals surface area contributed by atoms with E-state index in [0.717, 1.165) is 24.5 Å². The summed E-state index contributed by atoms with van der Waals surface area (Å²) in [6.07, 6.45) is 0. The third-order valence-corrected chi connectivity index (χ3v) is 4.53. The van der Waals surface area contributed by atoms with Crippen molar-refractivity contribution in [3.63, 3.8) is 0 Å². The number of nitrogens with zero attached hydrogens (tertiary/aromatic N) is 3. The Kier molecular flexibility index (Phi) is 4.77. The van der Waals surface area contributed by atoms with Gasteiger partial charge < -0.3 is 9.42 Å². The predicted octanol–water partition coefficient (Wildman–Crippen LogP) is 2.84. The molecule has 2 heterocycles. The highest BCUT2D eigenvalue weighted by atomic mass is 79.9. The zero-order valence-corrected chi connectivity index (χ0v) is 14.3. The Morgan fingerprint density at radius 2 is 2.04 bits per heavy atom. The molecule has 1 saturated heterocycles. The lowest BCUT2D eigenvalue weighted by atomic mass is 10.1. The van der Waals surface area contributed by atoms with Gasteiger partial charge in [-0.15, -0.1) is 0 Å². The van der Waals surface area contributed by atoms with E-state index in [2.05, 4.69) is 26.0 Å². The van der Waals surface area contributed by atoms with Crippen LogP contribution in [0.1, 0.15) is 21.8 Å². The highest BCUT2D eigenvalue weighted by Crippen LogP contribution is 2.21. The summed E-state index contributed by atoms with van der Waals surface area (Å²) >= 11 is 3.26. The molecule has 2 aromatic rings. The number of piperazine rings is 1. The van der Waals surface area contributed by atoms with Crippen molar-refractivity contribution in [2.24, 2.45) is 0 Å². The van der Waals surface area contributed by atoms with Crippen molar-refractivity contribution in [3.8, 4) is 0 Å². The number of aromatic nitrogens is 1. The minimum Gasteiger partial charge on any atom is -0.360 e. The number of benzene rings is 1. The number of amides is 1. The monoisotopic (exact) mass is 381 g/mol. The van der Waals surface area contributed by atoms with E-state index in [1.165, 1.54) is 18.2 Å². The van der Waals surface area contributed by atoms with Crippen LogP contribution in [0.2, 0.25) is 0 Å². The average molecular weight is 382 g/mol. The minimum absolute atomic E-state index is 0.0768. The van der Waals surface area contributed by atoms with Gasteiger partial charge in [-0.2, -0.15) is 0 Å². The van der Waals surface area contributed by atoms with Crippen LogP contribution < -0.4 is 0 Å². The first-order chi connectivity index (χ1) is 11.0. The summed E-state index contributed by atoms with van der Waals surface area (Å²) in [7, 11) is 0. The van der Waals surface area contributed by atoms with Crippen LogP contribution >= 0.6 is 15.9 Å². The largest absolute Gasteiger partial charge is 0.360 e. The fourth-order valence-corrected chi connectivity index (χ4v) is 3.17. The van der Waals surface area contributed by atoms with Gasteiger partial charge in [0.05, 0.1) is 17.8 Å². The zero-order valence-electron chi connectivity index (χ0n) is 12.8. The van der Waals surface area contributed by atoms with Gasteiger partial charge in [-0.05, 0) is 41.1 Å². The van der Waals surface area contributed by atoms with Crippen LogP contribution in [0.3, 0.4) is 0 Å². The summed E-state index contributed by atoms with van der Waals surface area (Å²) in [5, 5.41) is 3.88. The number of carbonyl (C=O) groups excluding carboxylic acids is 1. The van der Waals surface area contributed by atoms with Crippen LogP contribution in [0.4, 0.5) is 4.39 Å². The van der Waals surface area contributed by atoms with Crippen LogP contribution in [0.15, 0.2) is 33.3 Å². The van der Waals surface area contributed by atoms with Gasteiger partial charge in [-0.3, -0.25) is 9.69 Å². The van der Waals surface area contributed by atoms with Gasteiger partial charge in [0.25, 0.3) is 5.91 Å². The lowest BCUT2D eigenvalue weighted by Gasteiger charge is -2.34. The second kappa shape index (κ2) is 6.80. The van der Waals surface area contributed by atoms with Crippen LogP contribution in [0, 0.1) is 12.7 Å². The first-order valence-corrected chi connectivity index (χ1v) is 8.21. The summed E-state index contributed by atoms with van der Waals surface area (Å²) in [4.78, 5) is 16.5. The molecule has 5 nitrogen and oxygen atoms in total. The molecule has 1 fully saturated rings. The second-order valence-corrected chi connectivity index (χ2v) is 6.48. The van der Waals surface area contributed by atoms with Crippen molar-refractivity contribution in [2.45, 2.75) is 13.5 Å². The van der Waals surface area contributed by atoms with Crippen molar-refractivity contribution in [2.75, 3.05) is 26.2 Å². The number of hydrogen-bond acceptors (Lipinski definition) is 4. The van der Waals surface area contributed by atoms with E-state index in [9.17, 15) is 9.18 Å². The van der Waals surface area contributed by atoms with Crippen molar-refractivity contribution < 1.29 is 13.7 Å². The topological polar surface area (TPSA) is 49.6 Å². The Morgan fingerprint density at radius 3 is 2.65 bits per heavy atom. The Labute approximate surface area is 142 Å². The molecule has 1 aliphatic rings. The normalized spacial score (nSPS) is 15.9. The van der Waals surface area contributed by atoms with E-state index >= 15 is 0 Å². The maximum absolute atomic E-state index is 13.1.